The van der Waals surface area contributed by atoms with Crippen molar-refractivity contribution in [2.75, 3.05) is 0 Å². The third kappa shape index (κ3) is 3.14. The summed E-state index contributed by atoms with van der Waals surface area (Å²) in [5.41, 5.74) is -0.417. The first-order valence-electron chi connectivity index (χ1n) is 7.20. The van der Waals surface area contributed by atoms with Gasteiger partial charge in [0.2, 0.25) is 8.32 Å². The number of aromatic nitrogens is 1. The Morgan fingerprint density at radius 3 is 2.27 bits per heavy atom. The molecule has 7 heteroatoms. The minimum absolute atomic E-state index is 0.114. The zero-order chi connectivity index (χ0) is 16.8. The van der Waals surface area contributed by atoms with Crippen LogP contribution in [0.3, 0.4) is 0 Å². The zero-order valence-corrected chi connectivity index (χ0v) is 14.5. The summed E-state index contributed by atoms with van der Waals surface area (Å²) in [6, 6.07) is 6.00. The fourth-order valence-corrected chi connectivity index (χ4v) is 2.94. The minimum Gasteiger partial charge on any atom is -0.544 e. The molecule has 2 rings (SSSR count). The topological polar surface area (TPSA) is 22.1 Å². The molecular weight excluding hydrogens is 306 g/mol. The van der Waals surface area contributed by atoms with Crippen molar-refractivity contribution >= 4 is 31.7 Å². The maximum absolute atomic E-state index is 13.4. The quantitative estimate of drug-likeness (QED) is 0.765. The SMILES string of the molecule is CC(C)(C)[Si](C)(C)Oc1c([B-](F)(F)F)ccc2cccnc12. The number of nitrogens with zero attached hydrogens (tertiary/aromatic N) is 1. The number of hydrogen-bond acceptors (Lipinski definition) is 2. The molecule has 0 aliphatic rings. The monoisotopic (exact) mass is 326 g/mol. The Bertz CT molecular complexity index is 695. The molecule has 1 heterocycles. The van der Waals surface area contributed by atoms with Gasteiger partial charge in [-0.1, -0.05) is 44.4 Å². The zero-order valence-electron chi connectivity index (χ0n) is 13.5. The summed E-state index contributed by atoms with van der Waals surface area (Å²) in [5, 5.41) is 0.458. The molecule has 1 aromatic carbocycles. The normalized spacial score (nSPS) is 13.5. The molecule has 120 valence electrons. The molecule has 2 aromatic rings. The van der Waals surface area contributed by atoms with E-state index >= 15 is 0 Å². The Kier molecular flexibility index (Phi) is 4.06. The fourth-order valence-electron chi connectivity index (χ4n) is 1.91. The van der Waals surface area contributed by atoms with Crippen LogP contribution in [-0.2, 0) is 0 Å². The van der Waals surface area contributed by atoms with Crippen LogP contribution in [0.5, 0.6) is 5.75 Å². The summed E-state index contributed by atoms with van der Waals surface area (Å²) < 4.78 is 46.3. The second kappa shape index (κ2) is 5.30. The summed E-state index contributed by atoms with van der Waals surface area (Å²) >= 11 is 0. The molecule has 0 N–H and O–H groups in total. The van der Waals surface area contributed by atoms with Crippen LogP contribution in [0.2, 0.25) is 18.1 Å². The molecule has 0 fully saturated rings. The van der Waals surface area contributed by atoms with Crippen molar-refractivity contribution < 1.29 is 17.4 Å². The number of fused-ring (bicyclic) bond motifs is 1. The van der Waals surface area contributed by atoms with Gasteiger partial charge in [-0.3, -0.25) is 4.98 Å². The molecule has 0 saturated heterocycles. The number of hydrogen-bond donors (Lipinski definition) is 0. The maximum Gasteiger partial charge on any atom is 0.513 e. The molecule has 0 aliphatic heterocycles. The van der Waals surface area contributed by atoms with Crippen molar-refractivity contribution in [3.63, 3.8) is 0 Å². The van der Waals surface area contributed by atoms with Crippen molar-refractivity contribution in [2.24, 2.45) is 0 Å². The van der Waals surface area contributed by atoms with E-state index in [1.165, 1.54) is 12.3 Å². The Morgan fingerprint density at radius 2 is 1.73 bits per heavy atom. The smallest absolute Gasteiger partial charge is 0.513 e. The van der Waals surface area contributed by atoms with Crippen LogP contribution in [0, 0.1) is 0 Å². The van der Waals surface area contributed by atoms with Gasteiger partial charge in [0.25, 0.3) is 0 Å². The largest absolute Gasteiger partial charge is 0.544 e. The Balaban J connectivity index is 2.69. The summed E-state index contributed by atoms with van der Waals surface area (Å²) in [6.45, 7) is 4.70. The molecule has 0 aliphatic carbocycles. The lowest BCUT2D eigenvalue weighted by atomic mass is 9.79. The molecular formula is C15H20BF3NOSi-. The van der Waals surface area contributed by atoms with Gasteiger partial charge >= 0.3 is 6.98 Å². The van der Waals surface area contributed by atoms with Gasteiger partial charge in [-0.05, 0) is 24.2 Å². The van der Waals surface area contributed by atoms with E-state index in [4.69, 9.17) is 4.43 Å². The second-order valence-electron chi connectivity index (χ2n) is 7.00. The Morgan fingerprint density at radius 1 is 1.09 bits per heavy atom. The first kappa shape index (κ1) is 16.9. The van der Waals surface area contributed by atoms with E-state index in [1.54, 1.807) is 12.1 Å². The minimum atomic E-state index is -5.16. The van der Waals surface area contributed by atoms with E-state index in [0.29, 0.717) is 5.39 Å². The molecule has 0 bridgehead atoms. The van der Waals surface area contributed by atoms with Crippen LogP contribution in [0.15, 0.2) is 30.5 Å². The predicted octanol–water partition coefficient (Wildman–Crippen LogP) is 4.67. The molecule has 1 aromatic heterocycles. The number of benzene rings is 1. The van der Waals surface area contributed by atoms with Crippen LogP contribution in [0.4, 0.5) is 12.9 Å². The van der Waals surface area contributed by atoms with Gasteiger partial charge in [-0.25, -0.2) is 0 Å². The third-order valence-corrected chi connectivity index (χ3v) is 8.60. The molecule has 2 nitrogen and oxygen atoms in total. The van der Waals surface area contributed by atoms with E-state index in [9.17, 15) is 12.9 Å². The Hall–Kier alpha value is -1.50. The molecule has 0 unspecified atom stereocenters. The fraction of sp³-hybridized carbons (Fsp3) is 0.400. The van der Waals surface area contributed by atoms with Crippen molar-refractivity contribution in [2.45, 2.75) is 38.9 Å². The number of rotatable bonds is 3. The lowest BCUT2D eigenvalue weighted by molar-refractivity contribution is 0.479. The van der Waals surface area contributed by atoms with Crippen LogP contribution in [0.1, 0.15) is 20.8 Å². The first-order chi connectivity index (χ1) is 9.93. The molecule has 0 spiro atoms. The second-order valence-corrected chi connectivity index (χ2v) is 11.7. The maximum atomic E-state index is 13.4. The van der Waals surface area contributed by atoms with E-state index in [1.807, 2.05) is 33.9 Å². The third-order valence-electron chi connectivity index (χ3n) is 4.27. The van der Waals surface area contributed by atoms with E-state index < -0.39 is 20.8 Å². The summed E-state index contributed by atoms with van der Waals surface area (Å²) in [7, 11) is -2.40. The summed E-state index contributed by atoms with van der Waals surface area (Å²) in [4.78, 5) is 4.13. The molecule has 0 atom stereocenters. The number of halogens is 3. The predicted molar refractivity (Wildman–Crippen MR) is 88.3 cm³/mol. The van der Waals surface area contributed by atoms with Crippen molar-refractivity contribution in [1.82, 2.24) is 4.98 Å². The highest BCUT2D eigenvalue weighted by molar-refractivity contribution is 6.77. The highest BCUT2D eigenvalue weighted by atomic mass is 28.4. The highest BCUT2D eigenvalue weighted by Crippen LogP contribution is 2.39. The molecule has 0 amide bonds. The lowest BCUT2D eigenvalue weighted by Gasteiger charge is -2.38. The van der Waals surface area contributed by atoms with Gasteiger partial charge < -0.3 is 17.4 Å². The first-order valence-corrected chi connectivity index (χ1v) is 10.1. The lowest BCUT2D eigenvalue weighted by Crippen LogP contribution is -2.47. The summed E-state index contributed by atoms with van der Waals surface area (Å²) in [5.74, 6) is -0.114. The molecule has 0 radical (unpaired) electrons. The van der Waals surface area contributed by atoms with Crippen LogP contribution in [-0.4, -0.2) is 20.3 Å². The average molecular weight is 326 g/mol. The van der Waals surface area contributed by atoms with Crippen LogP contribution >= 0.6 is 0 Å². The van der Waals surface area contributed by atoms with Crippen molar-refractivity contribution in [3.05, 3.63) is 30.5 Å². The standard InChI is InChI=1S/C15H20BF3NOSi/c1-15(2,3)22(4,5)21-14-12(16(17,18)19)9-8-11-7-6-10-20-13(11)14/h6-10H,1-5H3/q-1. The van der Waals surface area contributed by atoms with Crippen LogP contribution < -0.4 is 9.89 Å². The van der Waals surface area contributed by atoms with Gasteiger partial charge in [0, 0.05) is 11.6 Å². The van der Waals surface area contributed by atoms with Gasteiger partial charge in [-0.15, -0.1) is 0 Å². The van der Waals surface area contributed by atoms with Gasteiger partial charge in [-0.2, -0.15) is 0 Å². The molecule has 22 heavy (non-hydrogen) atoms. The van der Waals surface area contributed by atoms with E-state index in [0.717, 1.165) is 6.07 Å². The average Bonchev–Trinajstić information content (AvgIpc) is 2.36. The van der Waals surface area contributed by atoms with E-state index in [-0.39, 0.29) is 16.3 Å². The Labute approximate surface area is 129 Å². The molecule has 0 saturated carbocycles. The van der Waals surface area contributed by atoms with Gasteiger partial charge in [0.1, 0.15) is 11.3 Å². The van der Waals surface area contributed by atoms with Crippen LogP contribution in [0.25, 0.3) is 10.9 Å². The van der Waals surface area contributed by atoms with Gasteiger partial charge in [0.15, 0.2) is 0 Å². The summed E-state index contributed by atoms with van der Waals surface area (Å²) in [6.07, 6.45) is 1.49. The van der Waals surface area contributed by atoms with Gasteiger partial charge in [0.05, 0.1) is 0 Å². The van der Waals surface area contributed by atoms with Crippen molar-refractivity contribution in [3.8, 4) is 5.75 Å². The van der Waals surface area contributed by atoms with E-state index in [2.05, 4.69) is 4.98 Å². The number of pyridine rings is 1. The highest BCUT2D eigenvalue weighted by Gasteiger charge is 2.41. The van der Waals surface area contributed by atoms with Crippen molar-refractivity contribution in [1.29, 1.82) is 0 Å².